The molecule has 0 aromatic heterocycles. The third-order valence-corrected chi connectivity index (χ3v) is 28.0. The van der Waals surface area contributed by atoms with Crippen LogP contribution in [0.2, 0.25) is 0 Å². The maximum atomic E-state index is 14.9. The summed E-state index contributed by atoms with van der Waals surface area (Å²) in [5.41, 5.74) is 0.466. The first kappa shape index (κ1) is 92.6. The molecule has 6 saturated carbocycles. The zero-order chi connectivity index (χ0) is 84.8. The van der Waals surface area contributed by atoms with Crippen molar-refractivity contribution in [3.8, 4) is 23.0 Å². The summed E-state index contributed by atoms with van der Waals surface area (Å²) in [6.07, 6.45) is 47.4. The first-order valence-corrected chi connectivity index (χ1v) is 45.8. The van der Waals surface area contributed by atoms with Gasteiger partial charge in [0.1, 0.15) is 0 Å². The van der Waals surface area contributed by atoms with Crippen LogP contribution in [0, 0.1) is 141 Å². The fraction of sp³-hybridized carbons (Fsp3) is 0.588. The van der Waals surface area contributed by atoms with E-state index >= 15 is 0 Å². The van der Waals surface area contributed by atoms with Crippen molar-refractivity contribution in [2.45, 2.75) is 286 Å². The van der Waals surface area contributed by atoms with Gasteiger partial charge in [0.15, 0.2) is 92.8 Å². The Hall–Kier alpha value is -7.14. The molecule has 6 fully saturated rings. The van der Waals surface area contributed by atoms with Crippen LogP contribution >= 0.6 is 0 Å². The highest BCUT2D eigenvalue weighted by Gasteiger charge is 2.36. The van der Waals surface area contributed by atoms with E-state index < -0.39 is 81.3 Å². The summed E-state index contributed by atoms with van der Waals surface area (Å²) >= 11 is 0. The van der Waals surface area contributed by atoms with Crippen LogP contribution in [0.4, 0.5) is 52.7 Å². The van der Waals surface area contributed by atoms with Crippen LogP contribution in [0.25, 0.3) is 49.2 Å². The lowest BCUT2D eigenvalue weighted by Gasteiger charge is -2.38. The van der Waals surface area contributed by atoms with Crippen molar-refractivity contribution in [1.29, 1.82) is 0 Å². The zero-order valence-electron chi connectivity index (χ0n) is 71.6. The molecule has 0 spiro atoms. The number of aryl methyl sites for hydroxylation is 1. The molecule has 1 unspecified atom stereocenters. The van der Waals surface area contributed by atoms with Crippen molar-refractivity contribution >= 4 is 49.2 Å². The minimum absolute atomic E-state index is 0.0349. The molecule has 119 heavy (non-hydrogen) atoms. The molecule has 0 bridgehead atoms. The quantitative estimate of drug-likeness (QED) is 0.0495. The van der Waals surface area contributed by atoms with E-state index in [4.69, 9.17) is 18.9 Å². The van der Waals surface area contributed by atoms with E-state index in [2.05, 4.69) is 20.8 Å². The Labute approximate surface area is 699 Å². The van der Waals surface area contributed by atoms with Crippen LogP contribution in [-0.2, 0) is 6.42 Å². The number of allylic oxidation sites excluding steroid dienone is 1. The number of aliphatic hydroxyl groups excluding tert-OH is 1. The van der Waals surface area contributed by atoms with E-state index in [0.29, 0.717) is 52.3 Å². The Kier molecular flexibility index (Phi) is 35.2. The van der Waals surface area contributed by atoms with E-state index in [0.717, 1.165) is 91.4 Å². The first-order valence-electron chi connectivity index (χ1n) is 45.8. The van der Waals surface area contributed by atoms with Crippen LogP contribution in [0.3, 0.4) is 0 Å². The number of benzene rings is 8. The molecule has 0 amide bonds. The fourth-order valence-electron chi connectivity index (χ4n) is 21.1. The van der Waals surface area contributed by atoms with Crippen LogP contribution < -0.4 is 18.9 Å². The second-order valence-electron chi connectivity index (χ2n) is 35.5. The van der Waals surface area contributed by atoms with Gasteiger partial charge in [0.25, 0.3) is 0 Å². The summed E-state index contributed by atoms with van der Waals surface area (Å²) in [7, 11) is 0. The molecule has 0 heterocycles. The molecular weight excluding hydrogens is 1530 g/mol. The summed E-state index contributed by atoms with van der Waals surface area (Å²) in [6, 6.07) is 18.9. The van der Waals surface area contributed by atoms with Gasteiger partial charge >= 0.3 is 0 Å². The second kappa shape index (κ2) is 45.3. The summed E-state index contributed by atoms with van der Waals surface area (Å²) in [4.78, 5) is 0. The summed E-state index contributed by atoms with van der Waals surface area (Å²) in [5, 5.41) is 10.7. The molecule has 8 aromatic carbocycles. The summed E-state index contributed by atoms with van der Waals surface area (Å²) in [6.45, 7) is 14.7. The Morgan fingerprint density at radius 3 is 1.03 bits per heavy atom. The number of hydrogen-bond donors (Lipinski definition) is 1. The number of hydrogen-bond acceptors (Lipinski definition) is 5. The lowest BCUT2D eigenvalue weighted by atomic mass is 9.68. The highest BCUT2D eigenvalue weighted by atomic mass is 19.2. The van der Waals surface area contributed by atoms with Gasteiger partial charge in [-0.1, -0.05) is 185 Å². The van der Waals surface area contributed by atoms with E-state index in [1.807, 2.05) is 6.08 Å². The van der Waals surface area contributed by atoms with E-state index in [1.165, 1.54) is 241 Å². The topological polar surface area (TPSA) is 57.2 Å². The number of unbranched alkanes of at least 4 members (excludes halogenated alkanes) is 3. The molecule has 14 rings (SSSR count). The maximum Gasteiger partial charge on any atom is 0.175 e. The Bertz CT molecular complexity index is 4570. The fourth-order valence-corrected chi connectivity index (χ4v) is 21.1. The minimum Gasteiger partial charge on any atom is -0.491 e. The molecule has 1 N–H and O–H groups in total. The number of ether oxygens (including phenoxy) is 4. The van der Waals surface area contributed by atoms with Gasteiger partial charge in [-0.15, -0.1) is 0 Å². The average molecular weight is 1660 g/mol. The maximum absolute atomic E-state index is 14.9. The Morgan fingerprint density at radius 1 is 0.319 bits per heavy atom. The van der Waals surface area contributed by atoms with Crippen molar-refractivity contribution in [3.63, 3.8) is 0 Å². The predicted octanol–water partition coefficient (Wildman–Crippen LogP) is 31.4. The molecule has 6 aliphatic rings. The largest absolute Gasteiger partial charge is 0.491 e. The molecule has 6 aliphatic carbocycles. The van der Waals surface area contributed by atoms with Crippen molar-refractivity contribution in [3.05, 3.63) is 171 Å². The molecule has 0 aliphatic heterocycles. The number of rotatable bonds is 28. The molecule has 0 saturated heterocycles. The van der Waals surface area contributed by atoms with Gasteiger partial charge < -0.3 is 24.1 Å². The summed E-state index contributed by atoms with van der Waals surface area (Å²) in [5.74, 6) is -3.30. The van der Waals surface area contributed by atoms with Gasteiger partial charge in [-0.25, -0.2) is 52.7 Å². The van der Waals surface area contributed by atoms with Gasteiger partial charge in [0.05, 0.1) is 54.1 Å². The smallest absolute Gasteiger partial charge is 0.175 e. The normalized spacial score (nSPS) is 23.8. The molecule has 0 radical (unpaired) electrons. The van der Waals surface area contributed by atoms with Crippen LogP contribution in [0.15, 0.2) is 84.9 Å². The third-order valence-electron chi connectivity index (χ3n) is 28.0. The van der Waals surface area contributed by atoms with Crippen LogP contribution in [0.1, 0.15) is 296 Å². The second-order valence-corrected chi connectivity index (χ2v) is 35.5. The SMILES string of the molecule is CCCCC1CCC(C2CCC(/C=C/c3cc4ccc(OCC)c(F)c4c(F)c3F)CC2)CC1.CCCCC1CCC(C2CCC(CC(O)c3cc4ccc(OCC)c(F)c4c(F)c3F)CC2)CC1.CCCCC1CCC(C2CCC(CCc3cc4ccc(OCC)c(F)c4c(F)c3F)CC2)CC1.CCOc1ccc2ccc(F)c(F)c2c1F. The zero-order valence-corrected chi connectivity index (χ0v) is 71.6. The van der Waals surface area contributed by atoms with Gasteiger partial charge in [-0.05, 0) is 284 Å². The molecule has 652 valence electrons. The molecular formula is C102H130F12O5. The van der Waals surface area contributed by atoms with Crippen LogP contribution in [0.5, 0.6) is 23.0 Å². The van der Waals surface area contributed by atoms with Gasteiger partial charge in [-0.3, -0.25) is 0 Å². The molecule has 1 atom stereocenters. The van der Waals surface area contributed by atoms with E-state index in [1.54, 1.807) is 52.0 Å². The van der Waals surface area contributed by atoms with Gasteiger partial charge in [0, 0.05) is 11.1 Å². The highest BCUT2D eigenvalue weighted by Crippen LogP contribution is 2.49. The van der Waals surface area contributed by atoms with Crippen LogP contribution in [-0.4, -0.2) is 31.5 Å². The minimum atomic E-state index is -1.26. The Balaban J connectivity index is 0.000000160. The predicted molar refractivity (Wildman–Crippen MR) is 458 cm³/mol. The number of fused-ring (bicyclic) bond motifs is 4. The standard InChI is InChI=1S/C30H41F3O2.C30H41F3O.C30H39F3O.C12H9F3O/c1-3-5-6-19-7-11-21(12-8-19)22-13-9-20(10-14-22)17-25(34)24-18-23-15-16-26(35-4-2)29(32)27(23)30(33)28(24)31;2*1-3-5-6-20-7-12-22(13-8-20)23-14-9-21(10-15-23)11-16-25-19-24-17-18-26(34-4-2)29(32)27(24)30(33)28(25)31;1-2-16-9-6-4-7-3-5-8(13)11(14)10(7)12(9)15/h15-16,18-22,25,34H,3-14,17H2,1-2H3;17-23H,3-16H2,1-2H3;11,16-23H,3-10,12-15H2,1-2H3;3-6H,2H2,1H3/b;;16-11+;. The lowest BCUT2D eigenvalue weighted by molar-refractivity contribution is 0.0985. The van der Waals surface area contributed by atoms with E-state index in [-0.39, 0.29) is 82.1 Å². The van der Waals surface area contributed by atoms with Gasteiger partial charge in [-0.2, -0.15) is 0 Å². The van der Waals surface area contributed by atoms with Crippen molar-refractivity contribution in [2.24, 2.45) is 71.0 Å². The lowest BCUT2D eigenvalue weighted by Crippen LogP contribution is -2.26. The number of aliphatic hydroxyl groups is 1. The van der Waals surface area contributed by atoms with Crippen molar-refractivity contribution in [1.82, 2.24) is 0 Å². The summed E-state index contributed by atoms with van der Waals surface area (Å²) < 4.78 is 194. The highest BCUT2D eigenvalue weighted by molar-refractivity contribution is 5.89. The molecule has 5 nitrogen and oxygen atoms in total. The van der Waals surface area contributed by atoms with Crippen molar-refractivity contribution < 1.29 is 76.7 Å². The third kappa shape index (κ3) is 23.6. The number of halogens is 12. The molecule has 17 heteroatoms. The average Bonchev–Trinajstić information content (AvgIpc) is 0.778. The first-order chi connectivity index (χ1) is 57.6. The van der Waals surface area contributed by atoms with Crippen molar-refractivity contribution in [2.75, 3.05) is 26.4 Å². The van der Waals surface area contributed by atoms with Gasteiger partial charge in [0.2, 0.25) is 0 Å². The molecule has 8 aromatic rings. The monoisotopic (exact) mass is 1660 g/mol. The Morgan fingerprint density at radius 2 is 0.639 bits per heavy atom. The van der Waals surface area contributed by atoms with E-state index in [9.17, 15) is 57.8 Å².